The molecule has 0 fully saturated rings. The molecule has 1 heterocycles. The minimum Gasteiger partial charge on any atom is -0.368 e. The van der Waals surface area contributed by atoms with Gasteiger partial charge in [-0.25, -0.2) is 0 Å². The van der Waals surface area contributed by atoms with Crippen molar-refractivity contribution in [1.29, 1.82) is 5.26 Å². The number of aromatic nitrogens is 1. The Balaban J connectivity index is 1.85. The van der Waals surface area contributed by atoms with E-state index in [2.05, 4.69) is 41.9 Å². The number of hydrogen-bond donors (Lipinski definition) is 0. The van der Waals surface area contributed by atoms with Gasteiger partial charge in [-0.1, -0.05) is 17.7 Å². The normalized spacial score (nSPS) is 16.9. The Bertz CT molecular complexity index is 835. The fourth-order valence-corrected chi connectivity index (χ4v) is 3.82. The Morgan fingerprint density at radius 1 is 1.36 bits per heavy atom. The predicted molar refractivity (Wildman–Crippen MR) is 104 cm³/mol. The maximum Gasteiger partial charge on any atom is 0.101 e. The van der Waals surface area contributed by atoms with E-state index in [1.54, 1.807) is 0 Å². The Kier molecular flexibility index (Phi) is 5.40. The Morgan fingerprint density at radius 2 is 2.20 bits per heavy atom. The molecule has 0 spiro atoms. The average Bonchev–Trinajstić information content (AvgIpc) is 2.63. The van der Waals surface area contributed by atoms with Crippen molar-refractivity contribution in [1.82, 2.24) is 4.98 Å². The summed E-state index contributed by atoms with van der Waals surface area (Å²) in [5, 5.41) is 9.60. The van der Waals surface area contributed by atoms with Crippen LogP contribution in [0.15, 0.2) is 42.7 Å². The lowest BCUT2D eigenvalue weighted by molar-refractivity contribution is 0.559. The van der Waals surface area contributed by atoms with E-state index in [4.69, 9.17) is 16.9 Å². The number of rotatable bonds is 4. The van der Waals surface area contributed by atoms with Gasteiger partial charge >= 0.3 is 0 Å². The molecular formula is C21H22ClN3. The zero-order valence-electron chi connectivity index (χ0n) is 14.7. The molecule has 4 heteroatoms. The Labute approximate surface area is 154 Å². The lowest BCUT2D eigenvalue weighted by Crippen LogP contribution is -2.36. The third-order valence-electron chi connectivity index (χ3n) is 4.92. The largest absolute Gasteiger partial charge is 0.368 e. The number of benzene rings is 1. The summed E-state index contributed by atoms with van der Waals surface area (Å²) in [5.41, 5.74) is 5.50. The highest BCUT2D eigenvalue weighted by Crippen LogP contribution is 2.34. The second kappa shape index (κ2) is 7.72. The van der Waals surface area contributed by atoms with Crippen LogP contribution in [-0.4, -0.2) is 17.6 Å². The molecule has 0 bridgehead atoms. The van der Waals surface area contributed by atoms with E-state index >= 15 is 0 Å². The third kappa shape index (κ3) is 3.70. The van der Waals surface area contributed by atoms with Gasteiger partial charge in [0.25, 0.3) is 0 Å². The first-order chi connectivity index (χ1) is 12.1. The van der Waals surface area contributed by atoms with Crippen molar-refractivity contribution in [3.05, 3.63) is 64.4 Å². The molecule has 1 atom stereocenters. The second-order valence-electron chi connectivity index (χ2n) is 6.42. The summed E-state index contributed by atoms with van der Waals surface area (Å²) in [6, 6.07) is 10.3. The molecule has 128 valence electrons. The lowest BCUT2D eigenvalue weighted by atomic mass is 9.88. The van der Waals surface area contributed by atoms with Crippen LogP contribution in [0.5, 0.6) is 0 Å². The minimum atomic E-state index is 0.425. The van der Waals surface area contributed by atoms with Crippen LogP contribution in [0.3, 0.4) is 0 Å². The molecule has 2 aromatic rings. The van der Waals surface area contributed by atoms with Crippen molar-refractivity contribution in [3.8, 4) is 6.07 Å². The van der Waals surface area contributed by atoms with Gasteiger partial charge in [0, 0.05) is 30.7 Å². The monoisotopic (exact) mass is 351 g/mol. The van der Waals surface area contributed by atoms with E-state index in [0.717, 1.165) is 31.5 Å². The van der Waals surface area contributed by atoms with Crippen LogP contribution >= 0.6 is 11.6 Å². The average molecular weight is 352 g/mol. The molecule has 1 aliphatic rings. The first-order valence-corrected chi connectivity index (χ1v) is 9.08. The van der Waals surface area contributed by atoms with E-state index in [1.165, 1.54) is 16.7 Å². The van der Waals surface area contributed by atoms with Crippen LogP contribution in [0.25, 0.3) is 5.57 Å². The van der Waals surface area contributed by atoms with E-state index in [9.17, 15) is 0 Å². The van der Waals surface area contributed by atoms with Gasteiger partial charge in [-0.05, 0) is 74.1 Å². The molecule has 0 amide bonds. The van der Waals surface area contributed by atoms with Crippen molar-refractivity contribution in [3.63, 3.8) is 0 Å². The standard InChI is InChI=1S/C21H22ClN3/c1-3-25(19-8-7-17(13-23)21(22)12-19)18-6-4-5-16(11-18)20-14-24-10-9-15(20)2/h5,7-10,12,14,18H,3-4,6,11H2,1-2H3. The van der Waals surface area contributed by atoms with E-state index in [0.29, 0.717) is 16.6 Å². The number of pyridine rings is 1. The number of anilines is 1. The van der Waals surface area contributed by atoms with Crippen LogP contribution in [0.2, 0.25) is 5.02 Å². The maximum atomic E-state index is 9.08. The van der Waals surface area contributed by atoms with Crippen molar-refractivity contribution in [2.75, 3.05) is 11.4 Å². The highest BCUT2D eigenvalue weighted by molar-refractivity contribution is 6.32. The molecule has 0 radical (unpaired) electrons. The quantitative estimate of drug-likeness (QED) is 0.742. The highest BCUT2D eigenvalue weighted by Gasteiger charge is 2.23. The first kappa shape index (κ1) is 17.5. The van der Waals surface area contributed by atoms with Crippen molar-refractivity contribution >= 4 is 22.9 Å². The van der Waals surface area contributed by atoms with Crippen LogP contribution in [-0.2, 0) is 0 Å². The number of allylic oxidation sites excluding steroid dienone is 1. The molecule has 3 nitrogen and oxygen atoms in total. The van der Waals surface area contributed by atoms with E-state index in [1.807, 2.05) is 30.6 Å². The molecular weight excluding hydrogens is 330 g/mol. The summed E-state index contributed by atoms with van der Waals surface area (Å²) in [7, 11) is 0. The molecule has 0 saturated carbocycles. The number of nitriles is 1. The van der Waals surface area contributed by atoms with E-state index in [-0.39, 0.29) is 0 Å². The molecule has 1 aromatic heterocycles. The molecule has 1 aliphatic carbocycles. The van der Waals surface area contributed by atoms with Gasteiger partial charge in [-0.3, -0.25) is 4.98 Å². The third-order valence-corrected chi connectivity index (χ3v) is 5.23. The summed E-state index contributed by atoms with van der Waals surface area (Å²) in [5.74, 6) is 0. The minimum absolute atomic E-state index is 0.425. The summed E-state index contributed by atoms with van der Waals surface area (Å²) in [6.45, 7) is 5.21. The zero-order valence-corrected chi connectivity index (χ0v) is 15.4. The predicted octanol–water partition coefficient (Wildman–Crippen LogP) is 5.38. The fourth-order valence-electron chi connectivity index (χ4n) is 3.60. The molecule has 0 saturated heterocycles. The van der Waals surface area contributed by atoms with Gasteiger partial charge < -0.3 is 4.90 Å². The molecule has 1 aromatic carbocycles. The zero-order chi connectivity index (χ0) is 17.8. The molecule has 25 heavy (non-hydrogen) atoms. The second-order valence-corrected chi connectivity index (χ2v) is 6.82. The molecule has 1 unspecified atom stereocenters. The summed E-state index contributed by atoms with van der Waals surface area (Å²) >= 11 is 6.25. The van der Waals surface area contributed by atoms with Crippen LogP contribution < -0.4 is 4.90 Å². The van der Waals surface area contributed by atoms with Crippen molar-refractivity contribution < 1.29 is 0 Å². The number of hydrogen-bond acceptors (Lipinski definition) is 3. The molecule has 3 rings (SSSR count). The number of nitrogens with zero attached hydrogens (tertiary/aromatic N) is 3. The summed E-state index contributed by atoms with van der Waals surface area (Å²) in [4.78, 5) is 6.69. The van der Waals surface area contributed by atoms with Crippen molar-refractivity contribution in [2.24, 2.45) is 0 Å². The highest BCUT2D eigenvalue weighted by atomic mass is 35.5. The van der Waals surface area contributed by atoms with Gasteiger partial charge in [0.2, 0.25) is 0 Å². The van der Waals surface area contributed by atoms with Gasteiger partial charge in [0.05, 0.1) is 10.6 Å². The van der Waals surface area contributed by atoms with Crippen LogP contribution in [0.1, 0.15) is 42.9 Å². The Hall–Kier alpha value is -2.31. The topological polar surface area (TPSA) is 39.9 Å². The fraction of sp³-hybridized carbons (Fsp3) is 0.333. The summed E-state index contributed by atoms with van der Waals surface area (Å²) in [6.07, 6.45) is 9.34. The van der Waals surface area contributed by atoms with Crippen LogP contribution in [0, 0.1) is 18.3 Å². The maximum absolute atomic E-state index is 9.08. The molecule has 0 aliphatic heterocycles. The smallest absolute Gasteiger partial charge is 0.101 e. The SMILES string of the molecule is CCN(c1ccc(C#N)c(Cl)c1)C1CCC=C(c2cnccc2C)C1. The lowest BCUT2D eigenvalue weighted by Gasteiger charge is -2.36. The number of halogens is 1. The Morgan fingerprint density at radius 3 is 2.88 bits per heavy atom. The van der Waals surface area contributed by atoms with E-state index < -0.39 is 0 Å². The van der Waals surface area contributed by atoms with Gasteiger partial charge in [-0.2, -0.15) is 5.26 Å². The van der Waals surface area contributed by atoms with Gasteiger partial charge in [0.15, 0.2) is 0 Å². The first-order valence-electron chi connectivity index (χ1n) is 8.70. The van der Waals surface area contributed by atoms with Gasteiger partial charge in [0.1, 0.15) is 6.07 Å². The summed E-state index contributed by atoms with van der Waals surface area (Å²) < 4.78 is 0. The van der Waals surface area contributed by atoms with Gasteiger partial charge in [-0.15, -0.1) is 0 Å². The molecule has 0 N–H and O–H groups in total. The number of aryl methyl sites for hydroxylation is 1. The van der Waals surface area contributed by atoms with Crippen LogP contribution in [0.4, 0.5) is 5.69 Å². The van der Waals surface area contributed by atoms with Crippen molar-refractivity contribution in [2.45, 2.75) is 39.2 Å².